The molecule has 0 aliphatic rings. The molecule has 3 N–H and O–H groups in total. The summed E-state index contributed by atoms with van der Waals surface area (Å²) < 4.78 is 18.3. The van der Waals surface area contributed by atoms with Gasteiger partial charge in [0.1, 0.15) is 0 Å². The van der Waals surface area contributed by atoms with Crippen molar-refractivity contribution in [3.8, 4) is 5.75 Å². The molecule has 1 aromatic carbocycles. The highest BCUT2D eigenvalue weighted by Crippen LogP contribution is 2.14. The van der Waals surface area contributed by atoms with Gasteiger partial charge in [-0.15, -0.1) is 11.3 Å². The molecule has 1 aromatic heterocycles. The highest BCUT2D eigenvalue weighted by atomic mass is 32.1. The number of rotatable bonds is 6. The van der Waals surface area contributed by atoms with Crippen molar-refractivity contribution >= 4 is 29.1 Å². The molecule has 24 heavy (non-hydrogen) atoms. The molecule has 126 valence electrons. The predicted molar refractivity (Wildman–Crippen MR) is 84.8 cm³/mol. The standard InChI is InChI=1S/C15H14FN3O4S/c16-10-4-1-2-5-11(10)23-9-14(21)19-18-13(20)8-17-15(22)12-6-3-7-24-12/h1-7H,8-9H2,(H,17,22)(H,18,20)(H,19,21). The first-order chi connectivity index (χ1) is 11.6. The van der Waals surface area contributed by atoms with Crippen molar-refractivity contribution in [1.29, 1.82) is 0 Å². The molecule has 0 bridgehead atoms. The van der Waals surface area contributed by atoms with Crippen LogP contribution in [0, 0.1) is 5.82 Å². The maximum absolute atomic E-state index is 13.3. The average molecular weight is 351 g/mol. The van der Waals surface area contributed by atoms with Crippen LogP contribution in [-0.2, 0) is 9.59 Å². The first-order valence-corrected chi connectivity index (χ1v) is 7.71. The smallest absolute Gasteiger partial charge is 0.276 e. The van der Waals surface area contributed by atoms with Crippen LogP contribution >= 0.6 is 11.3 Å². The van der Waals surface area contributed by atoms with E-state index in [2.05, 4.69) is 16.2 Å². The lowest BCUT2D eigenvalue weighted by atomic mass is 10.3. The number of hydrazine groups is 1. The summed E-state index contributed by atoms with van der Waals surface area (Å²) >= 11 is 1.25. The minimum Gasteiger partial charge on any atom is -0.481 e. The van der Waals surface area contributed by atoms with E-state index in [0.29, 0.717) is 4.88 Å². The fourth-order valence-corrected chi connectivity index (χ4v) is 2.22. The van der Waals surface area contributed by atoms with E-state index < -0.39 is 24.2 Å². The normalized spacial score (nSPS) is 9.88. The van der Waals surface area contributed by atoms with Crippen LogP contribution in [0.1, 0.15) is 9.67 Å². The Balaban J connectivity index is 1.65. The maximum atomic E-state index is 13.3. The predicted octanol–water partition coefficient (Wildman–Crippen LogP) is 0.843. The zero-order valence-electron chi connectivity index (χ0n) is 12.4. The molecule has 0 unspecified atom stereocenters. The molecule has 0 aliphatic heterocycles. The number of halogens is 1. The number of thiophene rings is 1. The Bertz CT molecular complexity index is 721. The van der Waals surface area contributed by atoms with Gasteiger partial charge in [-0.3, -0.25) is 25.2 Å². The molecule has 1 heterocycles. The Kier molecular flexibility index (Phi) is 6.26. The molecule has 0 radical (unpaired) electrons. The van der Waals surface area contributed by atoms with Gasteiger partial charge in [0.15, 0.2) is 18.2 Å². The number of carbonyl (C=O) groups is 3. The van der Waals surface area contributed by atoms with Crippen LogP contribution in [0.15, 0.2) is 41.8 Å². The van der Waals surface area contributed by atoms with Crippen molar-refractivity contribution < 1.29 is 23.5 Å². The Morgan fingerprint density at radius 1 is 1.04 bits per heavy atom. The Morgan fingerprint density at radius 2 is 1.79 bits per heavy atom. The molecule has 0 fully saturated rings. The molecule has 9 heteroatoms. The summed E-state index contributed by atoms with van der Waals surface area (Å²) in [6, 6.07) is 8.98. The van der Waals surface area contributed by atoms with Gasteiger partial charge in [-0.25, -0.2) is 4.39 Å². The molecule has 2 rings (SSSR count). The van der Waals surface area contributed by atoms with Crippen molar-refractivity contribution in [1.82, 2.24) is 16.2 Å². The summed E-state index contributed by atoms with van der Waals surface area (Å²) in [5, 5.41) is 4.14. The first kappa shape index (κ1) is 17.4. The fraction of sp³-hybridized carbons (Fsp3) is 0.133. The van der Waals surface area contributed by atoms with Crippen LogP contribution in [0.3, 0.4) is 0 Å². The molecule has 7 nitrogen and oxygen atoms in total. The van der Waals surface area contributed by atoms with E-state index >= 15 is 0 Å². The highest BCUT2D eigenvalue weighted by Gasteiger charge is 2.10. The molecular formula is C15H14FN3O4S. The second kappa shape index (κ2) is 8.63. The highest BCUT2D eigenvalue weighted by molar-refractivity contribution is 7.12. The summed E-state index contributed by atoms with van der Waals surface area (Å²) in [7, 11) is 0. The lowest BCUT2D eigenvalue weighted by Crippen LogP contribution is -2.47. The second-order valence-electron chi connectivity index (χ2n) is 4.48. The SMILES string of the molecule is O=C(CNC(=O)c1cccs1)NNC(=O)COc1ccccc1F. The number of para-hydroxylation sites is 1. The van der Waals surface area contributed by atoms with E-state index in [1.165, 1.54) is 29.5 Å². The van der Waals surface area contributed by atoms with Crippen LogP contribution in [0.2, 0.25) is 0 Å². The van der Waals surface area contributed by atoms with Gasteiger partial charge in [-0.2, -0.15) is 0 Å². The third-order valence-corrected chi connectivity index (χ3v) is 3.56. The molecule has 0 atom stereocenters. The van der Waals surface area contributed by atoms with E-state index in [-0.39, 0.29) is 18.2 Å². The van der Waals surface area contributed by atoms with Gasteiger partial charge in [0.2, 0.25) is 0 Å². The van der Waals surface area contributed by atoms with Crippen molar-refractivity contribution in [2.24, 2.45) is 0 Å². The monoisotopic (exact) mass is 351 g/mol. The quantitative estimate of drug-likeness (QED) is 0.672. The lowest BCUT2D eigenvalue weighted by molar-refractivity contribution is -0.129. The van der Waals surface area contributed by atoms with E-state index in [9.17, 15) is 18.8 Å². The lowest BCUT2D eigenvalue weighted by Gasteiger charge is -2.09. The third-order valence-electron chi connectivity index (χ3n) is 2.69. The molecular weight excluding hydrogens is 337 g/mol. The van der Waals surface area contributed by atoms with Gasteiger partial charge < -0.3 is 10.1 Å². The minimum atomic E-state index is -0.670. The van der Waals surface area contributed by atoms with E-state index in [4.69, 9.17) is 4.74 Å². The van der Waals surface area contributed by atoms with Gasteiger partial charge in [0.05, 0.1) is 11.4 Å². The maximum Gasteiger partial charge on any atom is 0.276 e. The first-order valence-electron chi connectivity index (χ1n) is 6.83. The largest absolute Gasteiger partial charge is 0.481 e. The number of benzene rings is 1. The summed E-state index contributed by atoms with van der Waals surface area (Å²) in [6.07, 6.45) is 0. The number of nitrogens with one attached hydrogen (secondary N) is 3. The fourth-order valence-electron chi connectivity index (χ4n) is 1.58. The van der Waals surface area contributed by atoms with E-state index in [1.807, 2.05) is 0 Å². The van der Waals surface area contributed by atoms with Gasteiger partial charge in [-0.1, -0.05) is 18.2 Å². The average Bonchev–Trinajstić information content (AvgIpc) is 3.11. The molecule has 0 spiro atoms. The third kappa shape index (κ3) is 5.36. The van der Waals surface area contributed by atoms with Gasteiger partial charge >= 0.3 is 0 Å². The summed E-state index contributed by atoms with van der Waals surface area (Å²) in [5.41, 5.74) is 4.21. The molecule has 0 aliphatic carbocycles. The van der Waals surface area contributed by atoms with Crippen molar-refractivity contribution in [3.05, 3.63) is 52.5 Å². The number of hydrogen-bond donors (Lipinski definition) is 3. The minimum absolute atomic E-state index is 0.0674. The Labute approximate surface area is 140 Å². The van der Waals surface area contributed by atoms with Crippen LogP contribution in [0.5, 0.6) is 5.75 Å². The van der Waals surface area contributed by atoms with Gasteiger partial charge in [0.25, 0.3) is 17.7 Å². The molecule has 0 saturated carbocycles. The Hall–Kier alpha value is -2.94. The molecule has 3 amide bonds. The van der Waals surface area contributed by atoms with Gasteiger partial charge in [0, 0.05) is 0 Å². The zero-order valence-corrected chi connectivity index (χ0v) is 13.2. The second-order valence-corrected chi connectivity index (χ2v) is 5.42. The number of hydrogen-bond acceptors (Lipinski definition) is 5. The summed E-state index contributed by atoms with van der Waals surface area (Å²) in [6.45, 7) is -0.770. The number of ether oxygens (including phenoxy) is 1. The topological polar surface area (TPSA) is 96.5 Å². The van der Waals surface area contributed by atoms with Crippen LogP contribution in [0.4, 0.5) is 4.39 Å². The van der Waals surface area contributed by atoms with Crippen molar-refractivity contribution in [2.75, 3.05) is 13.2 Å². The summed E-state index contributed by atoms with van der Waals surface area (Å²) in [4.78, 5) is 35.1. The van der Waals surface area contributed by atoms with E-state index in [1.54, 1.807) is 23.6 Å². The Morgan fingerprint density at radius 3 is 2.50 bits per heavy atom. The van der Waals surface area contributed by atoms with Crippen molar-refractivity contribution in [2.45, 2.75) is 0 Å². The van der Waals surface area contributed by atoms with Crippen LogP contribution < -0.4 is 20.9 Å². The summed E-state index contributed by atoms with van der Waals surface area (Å²) in [5.74, 6) is -2.32. The van der Waals surface area contributed by atoms with Crippen LogP contribution in [-0.4, -0.2) is 30.9 Å². The molecule has 0 saturated heterocycles. The van der Waals surface area contributed by atoms with Crippen LogP contribution in [0.25, 0.3) is 0 Å². The zero-order chi connectivity index (χ0) is 17.4. The number of amides is 3. The van der Waals surface area contributed by atoms with Gasteiger partial charge in [-0.05, 0) is 23.6 Å². The van der Waals surface area contributed by atoms with Crippen molar-refractivity contribution in [3.63, 3.8) is 0 Å². The van der Waals surface area contributed by atoms with E-state index in [0.717, 1.165) is 0 Å². The molecule has 2 aromatic rings. The number of carbonyl (C=O) groups excluding carboxylic acids is 3.